The van der Waals surface area contributed by atoms with Gasteiger partial charge in [0.1, 0.15) is 0 Å². The maximum atomic E-state index is 12.1. The molecule has 98 valence electrons. The van der Waals surface area contributed by atoms with Crippen LogP contribution in [0, 0.1) is 11.8 Å². The minimum atomic E-state index is -0.153. The highest BCUT2D eigenvalue weighted by atomic mass is 16.1. The van der Waals surface area contributed by atoms with Gasteiger partial charge in [-0.05, 0) is 43.2 Å². The van der Waals surface area contributed by atoms with E-state index >= 15 is 0 Å². The Morgan fingerprint density at radius 1 is 1.33 bits per heavy atom. The highest BCUT2D eigenvalue weighted by molar-refractivity contribution is 5.97. The minimum Gasteiger partial charge on any atom is -0.397 e. The molecular weight excluding hydrogens is 226 g/mol. The molecule has 0 spiro atoms. The highest BCUT2D eigenvalue weighted by Crippen LogP contribution is 2.28. The Kier molecular flexibility index (Phi) is 3.84. The summed E-state index contributed by atoms with van der Waals surface area (Å²) in [5.41, 5.74) is 6.53. The summed E-state index contributed by atoms with van der Waals surface area (Å²) in [4.78, 5) is 16.1. The second kappa shape index (κ2) is 5.38. The number of nitrogens with zero attached hydrogens (tertiary/aromatic N) is 1. The van der Waals surface area contributed by atoms with Crippen molar-refractivity contribution in [3.63, 3.8) is 0 Å². The van der Waals surface area contributed by atoms with Crippen molar-refractivity contribution in [2.24, 2.45) is 11.8 Å². The lowest BCUT2D eigenvalue weighted by molar-refractivity contribution is 0.0907. The lowest BCUT2D eigenvalue weighted by Gasteiger charge is -2.31. The number of nitrogen functional groups attached to an aromatic ring is 1. The molecule has 0 aromatic carbocycles. The first-order valence-corrected chi connectivity index (χ1v) is 6.57. The van der Waals surface area contributed by atoms with Crippen molar-refractivity contribution >= 4 is 11.6 Å². The molecule has 1 fully saturated rings. The molecule has 2 unspecified atom stereocenters. The fourth-order valence-electron chi connectivity index (χ4n) is 2.93. The average molecular weight is 247 g/mol. The number of nitrogens with one attached hydrogen (secondary N) is 1. The smallest absolute Gasteiger partial charge is 0.272 e. The summed E-state index contributed by atoms with van der Waals surface area (Å²) in [6.07, 6.45) is 4.93. The summed E-state index contributed by atoms with van der Waals surface area (Å²) in [6.45, 7) is 4.48. The molecule has 0 aliphatic heterocycles. The van der Waals surface area contributed by atoms with E-state index < -0.39 is 0 Å². The molecule has 0 saturated heterocycles. The van der Waals surface area contributed by atoms with Crippen molar-refractivity contribution < 1.29 is 4.79 Å². The quantitative estimate of drug-likeness (QED) is 0.842. The van der Waals surface area contributed by atoms with Crippen LogP contribution in [0.25, 0.3) is 0 Å². The maximum Gasteiger partial charge on any atom is 0.272 e. The molecule has 1 aromatic rings. The zero-order chi connectivity index (χ0) is 13.1. The van der Waals surface area contributed by atoms with Gasteiger partial charge in [-0.1, -0.05) is 13.8 Å². The van der Waals surface area contributed by atoms with E-state index in [9.17, 15) is 4.79 Å². The maximum absolute atomic E-state index is 12.1. The Morgan fingerprint density at radius 3 is 2.61 bits per heavy atom. The monoisotopic (exact) mass is 247 g/mol. The van der Waals surface area contributed by atoms with E-state index in [1.807, 2.05) is 0 Å². The van der Waals surface area contributed by atoms with Gasteiger partial charge in [-0.15, -0.1) is 0 Å². The molecule has 1 amide bonds. The van der Waals surface area contributed by atoms with E-state index in [0.29, 0.717) is 23.2 Å². The van der Waals surface area contributed by atoms with Crippen LogP contribution in [0.15, 0.2) is 18.3 Å². The number of pyridine rings is 1. The van der Waals surface area contributed by atoms with Gasteiger partial charge in [0.2, 0.25) is 0 Å². The van der Waals surface area contributed by atoms with E-state index in [1.54, 1.807) is 18.3 Å². The third-order valence-corrected chi connectivity index (χ3v) is 3.57. The van der Waals surface area contributed by atoms with Gasteiger partial charge >= 0.3 is 0 Å². The molecule has 18 heavy (non-hydrogen) atoms. The largest absolute Gasteiger partial charge is 0.397 e. The number of rotatable bonds is 2. The molecule has 1 aromatic heterocycles. The number of carbonyl (C=O) groups excluding carboxylic acids is 1. The summed E-state index contributed by atoms with van der Waals surface area (Å²) in [5, 5.41) is 3.06. The number of amides is 1. The van der Waals surface area contributed by atoms with Gasteiger partial charge in [0.05, 0.1) is 5.69 Å². The molecule has 1 heterocycles. The van der Waals surface area contributed by atoms with Crippen LogP contribution in [0.2, 0.25) is 0 Å². The van der Waals surface area contributed by atoms with Crippen LogP contribution in [0.1, 0.15) is 43.6 Å². The number of carbonyl (C=O) groups is 1. The SMILES string of the molecule is CC1CC(C)CC(NC(=O)c2ncccc2N)C1. The van der Waals surface area contributed by atoms with Crippen molar-refractivity contribution in [2.75, 3.05) is 5.73 Å². The van der Waals surface area contributed by atoms with Gasteiger partial charge in [-0.2, -0.15) is 0 Å². The van der Waals surface area contributed by atoms with Crippen molar-refractivity contribution in [1.29, 1.82) is 0 Å². The molecule has 1 aliphatic carbocycles. The van der Waals surface area contributed by atoms with E-state index in [1.165, 1.54) is 6.42 Å². The molecule has 0 bridgehead atoms. The molecule has 2 rings (SSSR count). The number of hydrogen-bond donors (Lipinski definition) is 2. The van der Waals surface area contributed by atoms with E-state index in [4.69, 9.17) is 5.73 Å². The molecule has 1 aliphatic rings. The van der Waals surface area contributed by atoms with Gasteiger partial charge in [0.15, 0.2) is 5.69 Å². The fourth-order valence-corrected chi connectivity index (χ4v) is 2.93. The molecular formula is C14H21N3O. The molecule has 3 N–H and O–H groups in total. The van der Waals surface area contributed by atoms with Crippen molar-refractivity contribution in [2.45, 2.75) is 39.2 Å². The number of aromatic nitrogens is 1. The Balaban J connectivity index is 2.01. The lowest BCUT2D eigenvalue weighted by atomic mass is 9.80. The highest BCUT2D eigenvalue weighted by Gasteiger charge is 2.25. The molecule has 1 saturated carbocycles. The zero-order valence-corrected chi connectivity index (χ0v) is 11.0. The molecule has 4 nitrogen and oxygen atoms in total. The molecule has 4 heteroatoms. The second-order valence-corrected chi connectivity index (χ2v) is 5.53. The first kappa shape index (κ1) is 12.9. The number of anilines is 1. The summed E-state index contributed by atoms with van der Waals surface area (Å²) in [6, 6.07) is 3.68. The van der Waals surface area contributed by atoms with Gasteiger partial charge in [-0.3, -0.25) is 4.79 Å². The molecule has 0 radical (unpaired) electrons. The normalized spacial score (nSPS) is 27.8. The third kappa shape index (κ3) is 3.00. The zero-order valence-electron chi connectivity index (χ0n) is 11.0. The van der Waals surface area contributed by atoms with Gasteiger partial charge in [-0.25, -0.2) is 4.98 Å². The van der Waals surface area contributed by atoms with E-state index in [-0.39, 0.29) is 11.9 Å². The van der Waals surface area contributed by atoms with Crippen LogP contribution >= 0.6 is 0 Å². The number of nitrogens with two attached hydrogens (primary N) is 1. The Bertz CT molecular complexity index is 423. The first-order chi connectivity index (χ1) is 8.56. The second-order valence-electron chi connectivity index (χ2n) is 5.53. The van der Waals surface area contributed by atoms with Crippen LogP contribution in [-0.2, 0) is 0 Å². The predicted molar refractivity (Wildman–Crippen MR) is 72.1 cm³/mol. The summed E-state index contributed by atoms with van der Waals surface area (Å²) in [5.74, 6) is 1.18. The first-order valence-electron chi connectivity index (χ1n) is 6.57. The van der Waals surface area contributed by atoms with Gasteiger partial charge in [0.25, 0.3) is 5.91 Å². The van der Waals surface area contributed by atoms with Crippen LogP contribution in [0.3, 0.4) is 0 Å². The van der Waals surface area contributed by atoms with Crippen molar-refractivity contribution in [3.05, 3.63) is 24.0 Å². The van der Waals surface area contributed by atoms with Crippen LogP contribution in [-0.4, -0.2) is 16.9 Å². The predicted octanol–water partition coefficient (Wildman–Crippen LogP) is 2.22. The Labute approximate surface area is 108 Å². The fraction of sp³-hybridized carbons (Fsp3) is 0.571. The van der Waals surface area contributed by atoms with Crippen LogP contribution in [0.5, 0.6) is 0 Å². The van der Waals surface area contributed by atoms with Crippen LogP contribution < -0.4 is 11.1 Å². The molecule has 2 atom stereocenters. The Morgan fingerprint density at radius 2 is 2.00 bits per heavy atom. The van der Waals surface area contributed by atoms with Crippen molar-refractivity contribution in [3.8, 4) is 0 Å². The van der Waals surface area contributed by atoms with Crippen molar-refractivity contribution in [1.82, 2.24) is 10.3 Å². The lowest BCUT2D eigenvalue weighted by Crippen LogP contribution is -2.40. The minimum absolute atomic E-state index is 0.153. The number of hydrogen-bond acceptors (Lipinski definition) is 3. The summed E-state index contributed by atoms with van der Waals surface area (Å²) < 4.78 is 0. The third-order valence-electron chi connectivity index (χ3n) is 3.57. The van der Waals surface area contributed by atoms with E-state index in [0.717, 1.165) is 12.8 Å². The van der Waals surface area contributed by atoms with Gasteiger partial charge in [0, 0.05) is 12.2 Å². The van der Waals surface area contributed by atoms with E-state index in [2.05, 4.69) is 24.1 Å². The Hall–Kier alpha value is -1.58. The van der Waals surface area contributed by atoms with Gasteiger partial charge < -0.3 is 11.1 Å². The summed E-state index contributed by atoms with van der Waals surface area (Å²) in [7, 11) is 0. The van der Waals surface area contributed by atoms with Crippen LogP contribution in [0.4, 0.5) is 5.69 Å². The standard InChI is InChI=1S/C14H21N3O/c1-9-6-10(2)8-11(7-9)17-14(18)13-12(15)4-3-5-16-13/h3-5,9-11H,6-8,15H2,1-2H3,(H,17,18). The average Bonchev–Trinajstić information content (AvgIpc) is 2.27. The topological polar surface area (TPSA) is 68.0 Å². The summed E-state index contributed by atoms with van der Waals surface area (Å²) >= 11 is 0.